The molecule has 2 bridgehead atoms. The monoisotopic (exact) mass is 379 g/mol. The van der Waals surface area contributed by atoms with Crippen LogP contribution < -0.4 is 10.9 Å². The summed E-state index contributed by atoms with van der Waals surface area (Å²) in [5.41, 5.74) is -1.54. The third kappa shape index (κ3) is 2.50. The molecule has 2 aromatic heterocycles. The van der Waals surface area contributed by atoms with E-state index in [9.17, 15) is 19.8 Å². The molecule has 1 amide bonds. The minimum atomic E-state index is -1.25. The van der Waals surface area contributed by atoms with E-state index in [0.717, 1.165) is 0 Å². The number of ether oxygens (including phenoxy) is 2. The van der Waals surface area contributed by atoms with Crippen molar-refractivity contribution in [3.05, 3.63) is 16.7 Å². The van der Waals surface area contributed by atoms with Crippen LogP contribution in [-0.2, 0) is 14.3 Å². The van der Waals surface area contributed by atoms with Crippen LogP contribution in [0, 0.1) is 5.92 Å². The number of aromatic amines is 1. The molecule has 2 aliphatic rings. The highest BCUT2D eigenvalue weighted by molar-refractivity contribution is 5.91. The molecule has 11 heteroatoms. The van der Waals surface area contributed by atoms with Gasteiger partial charge in [-0.25, -0.2) is 4.98 Å². The molecular weight excluding hydrogens is 358 g/mol. The third-order valence-electron chi connectivity index (χ3n) is 5.20. The van der Waals surface area contributed by atoms with Gasteiger partial charge < -0.3 is 19.7 Å². The summed E-state index contributed by atoms with van der Waals surface area (Å²) >= 11 is 0. The number of carbonyl (C=O) groups is 1. The maximum Gasteiger partial charge on any atom is 0.280 e. The maximum atomic E-state index is 12.3. The van der Waals surface area contributed by atoms with E-state index >= 15 is 0 Å². The molecule has 146 valence electrons. The molecule has 0 aromatic carbocycles. The number of H-pyrrole nitrogens is 1. The van der Waals surface area contributed by atoms with Gasteiger partial charge in [0.05, 0.1) is 19.0 Å². The van der Waals surface area contributed by atoms with E-state index in [1.165, 1.54) is 10.9 Å². The van der Waals surface area contributed by atoms with Crippen molar-refractivity contribution >= 4 is 23.0 Å². The fourth-order valence-corrected chi connectivity index (χ4v) is 3.53. The lowest BCUT2D eigenvalue weighted by Gasteiger charge is -2.34. The number of hydrogen-bond acceptors (Lipinski definition) is 8. The Hall–Kier alpha value is -2.34. The SMILES string of the molecule is CC(C)C(=O)Nc1nc2c(ncn2[C@@H]2O[C@@]3(CO)C(C)O[C@@H]2[C@@H]3O)c(=O)[nH]1. The minimum absolute atomic E-state index is 0.0113. The van der Waals surface area contributed by atoms with Gasteiger partial charge in [-0.2, -0.15) is 4.98 Å². The summed E-state index contributed by atoms with van der Waals surface area (Å²) in [5.74, 6) is -0.603. The first kappa shape index (κ1) is 18.0. The van der Waals surface area contributed by atoms with Gasteiger partial charge in [-0.3, -0.25) is 24.5 Å². The van der Waals surface area contributed by atoms with Gasteiger partial charge in [-0.05, 0) is 6.92 Å². The lowest BCUT2D eigenvalue weighted by molar-refractivity contribution is -0.216. The van der Waals surface area contributed by atoms with Crippen LogP contribution in [0.25, 0.3) is 11.2 Å². The fraction of sp³-hybridized carbons (Fsp3) is 0.625. The highest BCUT2D eigenvalue weighted by atomic mass is 16.7. The first-order valence-electron chi connectivity index (χ1n) is 8.68. The van der Waals surface area contributed by atoms with Crippen molar-refractivity contribution in [1.29, 1.82) is 0 Å². The molecule has 1 unspecified atom stereocenters. The van der Waals surface area contributed by atoms with E-state index in [1.807, 2.05) is 0 Å². The van der Waals surface area contributed by atoms with Crippen LogP contribution in [-0.4, -0.2) is 66.2 Å². The van der Waals surface area contributed by atoms with E-state index < -0.39 is 42.3 Å². The third-order valence-corrected chi connectivity index (χ3v) is 5.20. The minimum Gasteiger partial charge on any atom is -0.393 e. The predicted molar refractivity (Wildman–Crippen MR) is 91.9 cm³/mol. The van der Waals surface area contributed by atoms with Crippen molar-refractivity contribution in [3.63, 3.8) is 0 Å². The van der Waals surface area contributed by atoms with Crippen molar-refractivity contribution in [2.45, 2.75) is 50.9 Å². The number of carbonyl (C=O) groups excluding carboxylic acids is 1. The van der Waals surface area contributed by atoms with Crippen LogP contribution >= 0.6 is 0 Å². The van der Waals surface area contributed by atoms with Crippen LogP contribution in [0.5, 0.6) is 0 Å². The number of nitrogens with zero attached hydrogens (tertiary/aromatic N) is 3. The molecular formula is C16H21N5O6. The summed E-state index contributed by atoms with van der Waals surface area (Å²) in [5, 5.41) is 22.8. The van der Waals surface area contributed by atoms with E-state index in [2.05, 4.69) is 20.3 Å². The Morgan fingerprint density at radius 3 is 2.89 bits per heavy atom. The van der Waals surface area contributed by atoms with Crippen LogP contribution in [0.4, 0.5) is 5.95 Å². The molecule has 4 rings (SSSR count). The Labute approximate surface area is 153 Å². The van der Waals surface area contributed by atoms with Gasteiger partial charge >= 0.3 is 0 Å². The molecule has 4 N–H and O–H groups in total. The number of fused-ring (bicyclic) bond motifs is 3. The number of hydrogen-bond donors (Lipinski definition) is 4. The van der Waals surface area contributed by atoms with Crippen LogP contribution in [0.15, 0.2) is 11.1 Å². The van der Waals surface area contributed by atoms with Gasteiger partial charge in [0, 0.05) is 5.92 Å². The van der Waals surface area contributed by atoms with E-state index in [1.54, 1.807) is 20.8 Å². The van der Waals surface area contributed by atoms with Gasteiger partial charge in [0.25, 0.3) is 5.56 Å². The van der Waals surface area contributed by atoms with Crippen molar-refractivity contribution < 1.29 is 24.5 Å². The summed E-state index contributed by atoms with van der Waals surface area (Å²) < 4.78 is 13.1. The highest BCUT2D eigenvalue weighted by Crippen LogP contribution is 2.48. The number of rotatable bonds is 4. The van der Waals surface area contributed by atoms with Crippen LogP contribution in [0.3, 0.4) is 0 Å². The Bertz CT molecular complexity index is 954. The first-order valence-corrected chi connectivity index (χ1v) is 8.68. The zero-order chi connectivity index (χ0) is 19.5. The molecule has 27 heavy (non-hydrogen) atoms. The van der Waals surface area contributed by atoms with E-state index in [0.29, 0.717) is 0 Å². The average Bonchev–Trinajstić information content (AvgIpc) is 3.23. The number of aliphatic hydroxyl groups is 2. The molecule has 0 aliphatic carbocycles. The summed E-state index contributed by atoms with van der Waals surface area (Å²) in [6, 6.07) is 0. The van der Waals surface area contributed by atoms with Gasteiger partial charge in [0.2, 0.25) is 11.9 Å². The second-order valence-corrected chi connectivity index (χ2v) is 7.19. The predicted octanol–water partition coefficient (Wildman–Crippen LogP) is -0.878. The molecule has 2 saturated heterocycles. The molecule has 2 aliphatic heterocycles. The molecule has 0 saturated carbocycles. The van der Waals surface area contributed by atoms with Crippen LogP contribution in [0.2, 0.25) is 0 Å². The second-order valence-electron chi connectivity index (χ2n) is 7.19. The van der Waals surface area contributed by atoms with Crippen molar-refractivity contribution in [3.8, 4) is 0 Å². The van der Waals surface area contributed by atoms with E-state index in [-0.39, 0.29) is 28.9 Å². The Morgan fingerprint density at radius 1 is 1.52 bits per heavy atom. The lowest BCUT2D eigenvalue weighted by Crippen LogP contribution is -2.49. The Morgan fingerprint density at radius 2 is 2.26 bits per heavy atom. The summed E-state index contributed by atoms with van der Waals surface area (Å²) in [4.78, 5) is 35.0. The highest BCUT2D eigenvalue weighted by Gasteiger charge is 2.65. The number of nitrogens with one attached hydrogen (secondary N) is 2. The standard InChI is InChI=1S/C16H21N5O6/c1-6(2)12(24)19-15-18-11-8(13(25)20-15)17-5-21(11)14-9-10(23)16(4-22,27-14)7(3)26-9/h5-7,9-10,14,22-23H,4H2,1-3H3,(H2,18,19,20,24,25)/t7?,9-,10+,14-,16+/m1/s1. The quantitative estimate of drug-likeness (QED) is 0.535. The van der Waals surface area contributed by atoms with Gasteiger partial charge in [0.15, 0.2) is 17.4 Å². The number of aliphatic hydroxyl groups excluding tert-OH is 2. The number of amides is 1. The summed E-state index contributed by atoms with van der Waals surface area (Å²) in [6.07, 6.45) is -1.75. The maximum absolute atomic E-state index is 12.3. The number of aromatic nitrogens is 4. The van der Waals surface area contributed by atoms with Gasteiger partial charge in [-0.1, -0.05) is 13.8 Å². The fourth-order valence-electron chi connectivity index (χ4n) is 3.53. The molecule has 2 aromatic rings. The molecule has 5 atom stereocenters. The molecule has 4 heterocycles. The van der Waals surface area contributed by atoms with Gasteiger partial charge in [-0.15, -0.1) is 0 Å². The first-order chi connectivity index (χ1) is 12.8. The number of imidazole rings is 1. The van der Waals surface area contributed by atoms with Gasteiger partial charge in [0.1, 0.15) is 17.8 Å². The largest absolute Gasteiger partial charge is 0.393 e. The summed E-state index contributed by atoms with van der Waals surface area (Å²) in [7, 11) is 0. The van der Waals surface area contributed by atoms with Crippen molar-refractivity contribution in [1.82, 2.24) is 19.5 Å². The second kappa shape index (κ2) is 6.09. The average molecular weight is 379 g/mol. The molecule has 2 fully saturated rings. The molecule has 11 nitrogen and oxygen atoms in total. The Balaban J connectivity index is 1.75. The molecule has 0 radical (unpaired) electrons. The lowest BCUT2D eigenvalue weighted by atomic mass is 9.95. The smallest absolute Gasteiger partial charge is 0.280 e. The molecule has 0 spiro atoms. The van der Waals surface area contributed by atoms with E-state index in [4.69, 9.17) is 9.47 Å². The zero-order valence-corrected chi connectivity index (χ0v) is 15.0. The van der Waals surface area contributed by atoms with Crippen molar-refractivity contribution in [2.24, 2.45) is 5.92 Å². The number of anilines is 1. The summed E-state index contributed by atoms with van der Waals surface area (Å²) in [6.45, 7) is 4.73. The van der Waals surface area contributed by atoms with Crippen LogP contribution in [0.1, 0.15) is 27.0 Å². The normalized spacial score (nSPS) is 32.5. The zero-order valence-electron chi connectivity index (χ0n) is 15.0. The Kier molecular flexibility index (Phi) is 4.07. The van der Waals surface area contributed by atoms with Crippen molar-refractivity contribution in [2.75, 3.05) is 11.9 Å². The topological polar surface area (TPSA) is 152 Å².